The summed E-state index contributed by atoms with van der Waals surface area (Å²) in [6.45, 7) is 3.29. The third kappa shape index (κ3) is 4.16. The Kier molecular flexibility index (Phi) is 5.88. The lowest BCUT2D eigenvalue weighted by Crippen LogP contribution is -2.24. The van der Waals surface area contributed by atoms with Crippen molar-refractivity contribution in [2.75, 3.05) is 17.7 Å². The molecule has 1 amide bonds. The Balaban J connectivity index is 2.72. The summed E-state index contributed by atoms with van der Waals surface area (Å²) in [7, 11) is 0. The molecule has 0 heterocycles. The normalized spacial score (nSPS) is 11.9. The van der Waals surface area contributed by atoms with Crippen molar-refractivity contribution >= 4 is 29.1 Å². The molecular weight excluding hydrogens is 250 g/mol. The quantitative estimate of drug-likeness (QED) is 0.773. The number of ketones is 1. The van der Waals surface area contributed by atoms with Gasteiger partial charge in [0, 0.05) is 11.3 Å². The first kappa shape index (κ1) is 14.7. The third-order valence-corrected chi connectivity index (χ3v) is 3.52. The van der Waals surface area contributed by atoms with Crippen LogP contribution in [0.15, 0.2) is 24.3 Å². The minimum absolute atomic E-state index is 0.0479. The van der Waals surface area contributed by atoms with Crippen molar-refractivity contribution in [2.24, 2.45) is 0 Å². The first-order valence-corrected chi connectivity index (χ1v) is 6.74. The molecule has 1 aromatic carbocycles. The van der Waals surface area contributed by atoms with E-state index in [9.17, 15) is 9.59 Å². The summed E-state index contributed by atoms with van der Waals surface area (Å²) in [6, 6.07) is 6.92. The standard InChI is InChI=1S/C13H17NO3S/c1-9(16)11-5-3-4-6-12(11)14-13(17)10(2)18-8-7-15/h3-6,10,15H,7-8H2,1-2H3,(H,14,17)/t10-/m1/s1. The number of anilines is 1. The lowest BCUT2D eigenvalue weighted by Gasteiger charge is -2.13. The van der Waals surface area contributed by atoms with Crippen molar-refractivity contribution in [3.63, 3.8) is 0 Å². The minimum Gasteiger partial charge on any atom is -0.396 e. The average molecular weight is 267 g/mol. The molecule has 0 fully saturated rings. The maximum atomic E-state index is 11.9. The van der Waals surface area contributed by atoms with Crippen molar-refractivity contribution in [2.45, 2.75) is 19.1 Å². The van der Waals surface area contributed by atoms with Gasteiger partial charge in [-0.3, -0.25) is 9.59 Å². The Morgan fingerprint density at radius 3 is 2.67 bits per heavy atom. The van der Waals surface area contributed by atoms with Gasteiger partial charge in [0.1, 0.15) is 0 Å². The van der Waals surface area contributed by atoms with E-state index in [0.717, 1.165) is 0 Å². The van der Waals surface area contributed by atoms with Crippen LogP contribution in [0.4, 0.5) is 5.69 Å². The van der Waals surface area contributed by atoms with E-state index in [1.165, 1.54) is 18.7 Å². The number of carbonyl (C=O) groups is 2. The van der Waals surface area contributed by atoms with Gasteiger partial charge in [-0.25, -0.2) is 0 Å². The third-order valence-electron chi connectivity index (χ3n) is 2.39. The van der Waals surface area contributed by atoms with Gasteiger partial charge >= 0.3 is 0 Å². The Hall–Kier alpha value is -1.33. The van der Waals surface area contributed by atoms with Gasteiger partial charge < -0.3 is 10.4 Å². The van der Waals surface area contributed by atoms with Crippen molar-refractivity contribution in [1.82, 2.24) is 0 Å². The Morgan fingerprint density at radius 1 is 1.39 bits per heavy atom. The molecule has 1 rings (SSSR count). The molecule has 0 radical (unpaired) electrons. The Morgan fingerprint density at radius 2 is 2.06 bits per heavy atom. The van der Waals surface area contributed by atoms with Gasteiger partial charge in [0.25, 0.3) is 0 Å². The van der Waals surface area contributed by atoms with Crippen LogP contribution in [0.1, 0.15) is 24.2 Å². The van der Waals surface area contributed by atoms with Crippen molar-refractivity contribution in [1.29, 1.82) is 0 Å². The number of para-hydroxylation sites is 1. The van der Waals surface area contributed by atoms with Gasteiger partial charge in [-0.15, -0.1) is 11.8 Å². The fraction of sp³-hybridized carbons (Fsp3) is 0.385. The lowest BCUT2D eigenvalue weighted by molar-refractivity contribution is -0.115. The zero-order valence-electron chi connectivity index (χ0n) is 10.5. The number of aliphatic hydroxyl groups excluding tert-OH is 1. The number of nitrogens with one attached hydrogen (secondary N) is 1. The van der Waals surface area contributed by atoms with E-state index in [-0.39, 0.29) is 23.5 Å². The Bertz CT molecular complexity index is 434. The van der Waals surface area contributed by atoms with E-state index in [0.29, 0.717) is 17.0 Å². The molecule has 0 saturated carbocycles. The van der Waals surface area contributed by atoms with Crippen LogP contribution in [-0.2, 0) is 4.79 Å². The molecule has 2 N–H and O–H groups in total. The predicted octanol–water partition coefficient (Wildman–Crippen LogP) is 1.94. The largest absolute Gasteiger partial charge is 0.396 e. The Labute approximate surface area is 111 Å². The molecule has 98 valence electrons. The molecule has 0 saturated heterocycles. The molecule has 18 heavy (non-hydrogen) atoms. The van der Waals surface area contributed by atoms with E-state index in [1.54, 1.807) is 31.2 Å². The average Bonchev–Trinajstić information content (AvgIpc) is 2.36. The van der Waals surface area contributed by atoms with Crippen LogP contribution in [-0.4, -0.2) is 34.4 Å². The van der Waals surface area contributed by atoms with E-state index in [4.69, 9.17) is 5.11 Å². The fourth-order valence-corrected chi connectivity index (χ4v) is 2.11. The molecule has 0 bridgehead atoms. The topological polar surface area (TPSA) is 66.4 Å². The number of rotatable bonds is 6. The van der Waals surface area contributed by atoms with Gasteiger partial charge in [0.05, 0.1) is 17.5 Å². The van der Waals surface area contributed by atoms with Crippen LogP contribution in [0.2, 0.25) is 0 Å². The zero-order valence-corrected chi connectivity index (χ0v) is 11.3. The van der Waals surface area contributed by atoms with Crippen molar-refractivity contribution in [3.8, 4) is 0 Å². The van der Waals surface area contributed by atoms with E-state index < -0.39 is 0 Å². The first-order valence-electron chi connectivity index (χ1n) is 5.69. The summed E-state index contributed by atoms with van der Waals surface area (Å²) in [4.78, 5) is 23.3. The molecule has 0 aliphatic heterocycles. The summed E-state index contributed by atoms with van der Waals surface area (Å²) in [5.74, 6) is 0.270. The van der Waals surface area contributed by atoms with Crippen LogP contribution in [0.5, 0.6) is 0 Å². The summed E-state index contributed by atoms with van der Waals surface area (Å²) < 4.78 is 0. The van der Waals surface area contributed by atoms with E-state index >= 15 is 0 Å². The molecule has 1 atom stereocenters. The van der Waals surface area contributed by atoms with Gasteiger partial charge in [0.15, 0.2) is 5.78 Å². The van der Waals surface area contributed by atoms with Crippen LogP contribution < -0.4 is 5.32 Å². The summed E-state index contributed by atoms with van der Waals surface area (Å²) in [5, 5.41) is 11.2. The molecule has 0 spiro atoms. The van der Waals surface area contributed by atoms with Gasteiger partial charge in [-0.1, -0.05) is 12.1 Å². The summed E-state index contributed by atoms with van der Waals surface area (Å²) >= 11 is 1.37. The minimum atomic E-state index is -0.267. The second-order valence-corrected chi connectivity index (χ2v) is 5.28. The molecule has 0 aliphatic carbocycles. The van der Waals surface area contributed by atoms with Gasteiger partial charge in [-0.05, 0) is 26.0 Å². The number of amides is 1. The first-order chi connectivity index (χ1) is 8.56. The maximum Gasteiger partial charge on any atom is 0.237 e. The second kappa shape index (κ2) is 7.18. The van der Waals surface area contributed by atoms with Crippen molar-refractivity contribution in [3.05, 3.63) is 29.8 Å². The highest BCUT2D eigenvalue weighted by atomic mass is 32.2. The van der Waals surface area contributed by atoms with Crippen LogP contribution in [0.3, 0.4) is 0 Å². The maximum absolute atomic E-state index is 11.9. The summed E-state index contributed by atoms with van der Waals surface area (Å²) in [5.41, 5.74) is 1.04. The zero-order chi connectivity index (χ0) is 13.5. The number of carbonyl (C=O) groups excluding carboxylic acids is 2. The van der Waals surface area contributed by atoms with Crippen LogP contribution in [0, 0.1) is 0 Å². The highest BCUT2D eigenvalue weighted by Crippen LogP contribution is 2.18. The SMILES string of the molecule is CC(=O)c1ccccc1NC(=O)[C@@H](C)SCCO. The fourth-order valence-electron chi connectivity index (χ4n) is 1.44. The van der Waals surface area contributed by atoms with Gasteiger partial charge in [-0.2, -0.15) is 0 Å². The molecule has 1 aromatic rings. The highest BCUT2D eigenvalue weighted by molar-refractivity contribution is 8.00. The molecule has 0 aliphatic rings. The number of thioether (sulfide) groups is 1. The molecular formula is C13H17NO3S. The molecule has 4 nitrogen and oxygen atoms in total. The van der Waals surface area contributed by atoms with Gasteiger partial charge in [0.2, 0.25) is 5.91 Å². The monoisotopic (exact) mass is 267 g/mol. The smallest absolute Gasteiger partial charge is 0.237 e. The number of hydrogen-bond donors (Lipinski definition) is 2. The summed E-state index contributed by atoms with van der Waals surface area (Å²) in [6.07, 6.45) is 0. The van der Waals surface area contributed by atoms with Crippen LogP contribution >= 0.6 is 11.8 Å². The van der Waals surface area contributed by atoms with E-state index in [2.05, 4.69) is 5.32 Å². The number of hydrogen-bond acceptors (Lipinski definition) is 4. The molecule has 0 aromatic heterocycles. The molecule has 0 unspecified atom stereocenters. The highest BCUT2D eigenvalue weighted by Gasteiger charge is 2.15. The second-order valence-electron chi connectivity index (χ2n) is 3.83. The molecule has 5 heteroatoms. The van der Waals surface area contributed by atoms with Crippen LogP contribution in [0.25, 0.3) is 0 Å². The van der Waals surface area contributed by atoms with Crippen molar-refractivity contribution < 1.29 is 14.7 Å². The number of benzene rings is 1. The predicted molar refractivity (Wildman–Crippen MR) is 74.1 cm³/mol. The number of aliphatic hydroxyl groups is 1. The lowest BCUT2D eigenvalue weighted by atomic mass is 10.1. The van der Waals surface area contributed by atoms with E-state index in [1.807, 2.05) is 0 Å². The number of Topliss-reactive ketones (excluding diaryl/α,β-unsaturated/α-hetero) is 1.